The van der Waals surface area contributed by atoms with Crippen LogP contribution in [0.15, 0.2) is 36.5 Å². The first-order valence-corrected chi connectivity index (χ1v) is 4.86. The van der Waals surface area contributed by atoms with Gasteiger partial charge in [-0.1, -0.05) is 11.6 Å². The van der Waals surface area contributed by atoms with Gasteiger partial charge < -0.3 is 5.32 Å². The summed E-state index contributed by atoms with van der Waals surface area (Å²) in [5, 5.41) is 2.88. The molecule has 0 saturated carbocycles. The van der Waals surface area contributed by atoms with Gasteiger partial charge in [-0.25, -0.2) is 9.37 Å². The Morgan fingerprint density at radius 1 is 1.06 bits per heavy atom. The number of nitrogens with one attached hydrogen (secondary N) is 1. The normalized spacial score (nSPS) is 10.2. The molecule has 0 amide bonds. The fraction of sp³-hybridized carbons (Fsp3) is 0. The first kappa shape index (κ1) is 10.8. The number of aromatic nitrogens is 1. The van der Waals surface area contributed by atoms with Gasteiger partial charge in [0.15, 0.2) is 0 Å². The number of hydrogen-bond acceptors (Lipinski definition) is 2. The lowest BCUT2D eigenvalue weighted by Crippen LogP contribution is -1.93. The van der Waals surface area contributed by atoms with Crippen LogP contribution in [0.1, 0.15) is 0 Å². The van der Waals surface area contributed by atoms with E-state index in [1.165, 1.54) is 24.4 Å². The topological polar surface area (TPSA) is 24.9 Å². The van der Waals surface area contributed by atoms with E-state index in [2.05, 4.69) is 10.3 Å². The number of pyridine rings is 1. The van der Waals surface area contributed by atoms with Crippen molar-refractivity contribution >= 4 is 23.0 Å². The maximum absolute atomic E-state index is 13.1. The molecule has 2 nitrogen and oxygen atoms in total. The van der Waals surface area contributed by atoms with Crippen LogP contribution in [0.3, 0.4) is 0 Å². The molecule has 0 aliphatic carbocycles. The van der Waals surface area contributed by atoms with Crippen molar-refractivity contribution in [1.82, 2.24) is 4.98 Å². The van der Waals surface area contributed by atoms with Crippen LogP contribution < -0.4 is 5.32 Å². The molecule has 5 heteroatoms. The van der Waals surface area contributed by atoms with Gasteiger partial charge >= 0.3 is 0 Å². The molecule has 0 aliphatic heterocycles. The Hall–Kier alpha value is -1.68. The zero-order chi connectivity index (χ0) is 11.5. The molecular formula is C11H7ClF2N2. The molecule has 0 bridgehead atoms. The number of hydrogen-bond donors (Lipinski definition) is 1. The Morgan fingerprint density at radius 2 is 1.81 bits per heavy atom. The van der Waals surface area contributed by atoms with Gasteiger partial charge in [-0.2, -0.15) is 4.39 Å². The Morgan fingerprint density at radius 3 is 2.50 bits per heavy atom. The quantitative estimate of drug-likeness (QED) is 0.809. The third-order valence-electron chi connectivity index (χ3n) is 1.93. The molecule has 1 N–H and O–H groups in total. The summed E-state index contributed by atoms with van der Waals surface area (Å²) in [4.78, 5) is 3.41. The fourth-order valence-corrected chi connectivity index (χ4v) is 1.34. The van der Waals surface area contributed by atoms with E-state index in [9.17, 15) is 8.78 Å². The van der Waals surface area contributed by atoms with Gasteiger partial charge in [-0.3, -0.25) is 0 Å². The van der Waals surface area contributed by atoms with Crippen LogP contribution in [0.25, 0.3) is 0 Å². The van der Waals surface area contributed by atoms with E-state index in [1.54, 1.807) is 12.1 Å². The van der Waals surface area contributed by atoms with E-state index in [1.807, 2.05) is 0 Å². The molecule has 0 saturated heterocycles. The largest absolute Gasteiger partial charge is 0.355 e. The highest BCUT2D eigenvalue weighted by Gasteiger charge is 2.02. The molecule has 0 aliphatic rings. The summed E-state index contributed by atoms with van der Waals surface area (Å²) in [6, 6.07) is 7.06. The van der Waals surface area contributed by atoms with E-state index in [4.69, 9.17) is 11.6 Å². The SMILES string of the molecule is Fc1cc(Nc2ccc(Cl)c(F)c2)ccn1. The van der Waals surface area contributed by atoms with Crippen molar-refractivity contribution in [3.63, 3.8) is 0 Å². The van der Waals surface area contributed by atoms with Crippen molar-refractivity contribution in [3.8, 4) is 0 Å². The minimum atomic E-state index is -0.598. The third kappa shape index (κ3) is 2.46. The van der Waals surface area contributed by atoms with Crippen LogP contribution in [0.5, 0.6) is 0 Å². The summed E-state index contributed by atoms with van der Waals surface area (Å²) in [7, 11) is 0. The van der Waals surface area contributed by atoms with E-state index in [-0.39, 0.29) is 5.02 Å². The second-order valence-corrected chi connectivity index (χ2v) is 3.53. The summed E-state index contributed by atoms with van der Waals surface area (Å²) in [5.41, 5.74) is 0.988. The first-order chi connectivity index (χ1) is 7.65. The van der Waals surface area contributed by atoms with Gasteiger partial charge in [-0.05, 0) is 24.3 Å². The van der Waals surface area contributed by atoms with Crippen molar-refractivity contribution < 1.29 is 8.78 Å². The van der Waals surface area contributed by atoms with Gasteiger partial charge in [0.05, 0.1) is 5.02 Å². The second kappa shape index (κ2) is 4.45. The number of rotatable bonds is 2. The summed E-state index contributed by atoms with van der Waals surface area (Å²) >= 11 is 5.54. The lowest BCUT2D eigenvalue weighted by atomic mass is 10.3. The fourth-order valence-electron chi connectivity index (χ4n) is 1.22. The maximum atomic E-state index is 13.1. The van der Waals surface area contributed by atoms with Crippen LogP contribution in [-0.4, -0.2) is 4.98 Å². The Kier molecular flexibility index (Phi) is 3.01. The van der Waals surface area contributed by atoms with Crippen LogP contribution in [0.4, 0.5) is 20.2 Å². The average molecular weight is 241 g/mol. The smallest absolute Gasteiger partial charge is 0.214 e. The average Bonchev–Trinajstić information content (AvgIpc) is 2.24. The molecular weight excluding hydrogens is 234 g/mol. The first-order valence-electron chi connectivity index (χ1n) is 4.49. The predicted octanol–water partition coefficient (Wildman–Crippen LogP) is 3.76. The number of anilines is 2. The maximum Gasteiger partial charge on any atom is 0.214 e. The van der Waals surface area contributed by atoms with Gasteiger partial charge in [0.2, 0.25) is 5.95 Å². The lowest BCUT2D eigenvalue weighted by Gasteiger charge is -2.06. The minimum absolute atomic E-state index is 0.0476. The molecule has 1 aromatic heterocycles. The van der Waals surface area contributed by atoms with E-state index >= 15 is 0 Å². The Balaban J connectivity index is 2.24. The third-order valence-corrected chi connectivity index (χ3v) is 2.24. The molecule has 2 aromatic rings. The van der Waals surface area contributed by atoms with Crippen LogP contribution >= 0.6 is 11.6 Å². The van der Waals surface area contributed by atoms with Gasteiger partial charge in [0, 0.05) is 23.6 Å². The standard InChI is InChI=1S/C11H7ClF2N2/c12-9-2-1-7(5-10(9)13)16-8-3-4-15-11(14)6-8/h1-6H,(H,15,16). The van der Waals surface area contributed by atoms with Crippen LogP contribution in [-0.2, 0) is 0 Å². The molecule has 0 atom stereocenters. The molecule has 0 radical (unpaired) electrons. The summed E-state index contributed by atoms with van der Waals surface area (Å²) in [6.45, 7) is 0. The Labute approximate surface area is 95.9 Å². The molecule has 1 aromatic carbocycles. The molecule has 0 unspecified atom stereocenters. The van der Waals surface area contributed by atoms with Crippen molar-refractivity contribution in [2.45, 2.75) is 0 Å². The van der Waals surface area contributed by atoms with Crippen molar-refractivity contribution in [1.29, 1.82) is 0 Å². The zero-order valence-corrected chi connectivity index (χ0v) is 8.80. The Bertz CT molecular complexity index is 517. The van der Waals surface area contributed by atoms with Gasteiger partial charge in [-0.15, -0.1) is 0 Å². The van der Waals surface area contributed by atoms with E-state index < -0.39 is 11.8 Å². The number of halogens is 3. The highest BCUT2D eigenvalue weighted by molar-refractivity contribution is 6.30. The molecule has 82 valence electrons. The van der Waals surface area contributed by atoms with Gasteiger partial charge in [0.25, 0.3) is 0 Å². The monoisotopic (exact) mass is 240 g/mol. The highest BCUT2D eigenvalue weighted by atomic mass is 35.5. The van der Waals surface area contributed by atoms with Crippen LogP contribution in [0, 0.1) is 11.8 Å². The number of benzene rings is 1. The van der Waals surface area contributed by atoms with Crippen molar-refractivity contribution in [2.75, 3.05) is 5.32 Å². The van der Waals surface area contributed by atoms with E-state index in [0.29, 0.717) is 11.4 Å². The summed E-state index contributed by atoms with van der Waals surface area (Å²) in [6.07, 6.45) is 1.32. The predicted molar refractivity (Wildman–Crippen MR) is 58.9 cm³/mol. The number of nitrogens with zero attached hydrogens (tertiary/aromatic N) is 1. The van der Waals surface area contributed by atoms with E-state index in [0.717, 1.165) is 0 Å². The molecule has 2 rings (SSSR count). The van der Waals surface area contributed by atoms with Gasteiger partial charge in [0.1, 0.15) is 5.82 Å². The summed E-state index contributed by atoms with van der Waals surface area (Å²) < 4.78 is 25.9. The van der Waals surface area contributed by atoms with Crippen molar-refractivity contribution in [3.05, 3.63) is 53.3 Å². The molecule has 0 fully saturated rings. The minimum Gasteiger partial charge on any atom is -0.355 e. The molecule has 1 heterocycles. The lowest BCUT2D eigenvalue weighted by molar-refractivity contribution is 0.584. The molecule has 0 spiro atoms. The van der Waals surface area contributed by atoms with Crippen molar-refractivity contribution in [2.24, 2.45) is 0 Å². The second-order valence-electron chi connectivity index (χ2n) is 3.12. The molecule has 16 heavy (non-hydrogen) atoms. The zero-order valence-electron chi connectivity index (χ0n) is 8.05. The van der Waals surface area contributed by atoms with Crippen LogP contribution in [0.2, 0.25) is 5.02 Å². The summed E-state index contributed by atoms with van der Waals surface area (Å²) in [5.74, 6) is -1.12. The highest BCUT2D eigenvalue weighted by Crippen LogP contribution is 2.21.